The molecule has 0 bridgehead atoms. The fourth-order valence-electron chi connectivity index (χ4n) is 2.25. The fraction of sp³-hybridized carbons (Fsp3) is 0.267. The number of rotatable bonds is 4. The highest BCUT2D eigenvalue weighted by molar-refractivity contribution is 7.88. The average Bonchev–Trinajstić information content (AvgIpc) is 2.37. The number of pyridine rings is 1. The molecule has 118 valence electrons. The Kier molecular flexibility index (Phi) is 4.30. The van der Waals surface area contributed by atoms with Gasteiger partial charge in [0.25, 0.3) is 0 Å². The number of sulfonamides is 1. The molecular formula is C15H16F2N2O2S. The highest BCUT2D eigenvalue weighted by Gasteiger charge is 2.29. The van der Waals surface area contributed by atoms with Crippen LogP contribution in [-0.2, 0) is 15.6 Å². The van der Waals surface area contributed by atoms with Crippen molar-refractivity contribution in [3.8, 4) is 11.3 Å². The molecule has 0 saturated carbocycles. The second-order valence-electron chi connectivity index (χ2n) is 5.53. The average molecular weight is 326 g/mol. The monoisotopic (exact) mass is 326 g/mol. The molecule has 1 aromatic carbocycles. The second kappa shape index (κ2) is 5.73. The van der Waals surface area contributed by atoms with Crippen LogP contribution in [0.25, 0.3) is 11.3 Å². The third-order valence-corrected chi connectivity index (χ3v) is 4.00. The van der Waals surface area contributed by atoms with Gasteiger partial charge in [0.15, 0.2) is 5.82 Å². The molecule has 2 rings (SSSR count). The van der Waals surface area contributed by atoms with Gasteiger partial charge in [-0.25, -0.2) is 21.9 Å². The lowest BCUT2D eigenvalue weighted by Crippen LogP contribution is -2.41. The van der Waals surface area contributed by atoms with Crippen LogP contribution in [0.3, 0.4) is 0 Å². The topological polar surface area (TPSA) is 59.1 Å². The first kappa shape index (κ1) is 16.5. The third kappa shape index (κ3) is 3.66. The minimum absolute atomic E-state index is 0.0425. The van der Waals surface area contributed by atoms with Gasteiger partial charge < -0.3 is 0 Å². The molecule has 0 aliphatic heterocycles. The molecule has 0 atom stereocenters. The first-order chi connectivity index (χ1) is 10.1. The van der Waals surface area contributed by atoms with Crippen molar-refractivity contribution < 1.29 is 17.2 Å². The lowest BCUT2D eigenvalue weighted by atomic mass is 9.94. The van der Waals surface area contributed by atoms with Gasteiger partial charge in [-0.05, 0) is 44.2 Å². The van der Waals surface area contributed by atoms with Crippen molar-refractivity contribution in [2.45, 2.75) is 19.4 Å². The quantitative estimate of drug-likeness (QED) is 0.940. The number of benzene rings is 1. The number of aromatic nitrogens is 1. The molecule has 0 aliphatic carbocycles. The summed E-state index contributed by atoms with van der Waals surface area (Å²) < 4.78 is 53.0. The molecule has 0 amide bonds. The van der Waals surface area contributed by atoms with E-state index < -0.39 is 27.2 Å². The normalized spacial score (nSPS) is 12.4. The van der Waals surface area contributed by atoms with Crippen molar-refractivity contribution in [1.29, 1.82) is 0 Å². The number of hydrogen-bond donors (Lipinski definition) is 1. The first-order valence-corrected chi connectivity index (χ1v) is 8.39. The molecule has 0 aliphatic rings. The van der Waals surface area contributed by atoms with Gasteiger partial charge in [-0.1, -0.05) is 0 Å². The summed E-state index contributed by atoms with van der Waals surface area (Å²) in [5.74, 6) is -1.07. The maximum atomic E-state index is 14.7. The molecule has 1 aromatic heterocycles. The molecule has 1 heterocycles. The Balaban J connectivity index is 2.52. The van der Waals surface area contributed by atoms with E-state index >= 15 is 0 Å². The Labute approximate surface area is 128 Å². The Hall–Kier alpha value is -1.86. The first-order valence-electron chi connectivity index (χ1n) is 6.50. The van der Waals surface area contributed by atoms with E-state index in [1.54, 1.807) is 13.8 Å². The van der Waals surface area contributed by atoms with Gasteiger partial charge in [0.1, 0.15) is 11.5 Å². The van der Waals surface area contributed by atoms with Crippen LogP contribution in [-0.4, -0.2) is 19.7 Å². The molecule has 0 spiro atoms. The maximum Gasteiger partial charge on any atom is 0.209 e. The smallest absolute Gasteiger partial charge is 0.209 e. The van der Waals surface area contributed by atoms with Gasteiger partial charge in [-0.15, -0.1) is 0 Å². The van der Waals surface area contributed by atoms with Gasteiger partial charge in [0.2, 0.25) is 10.0 Å². The summed E-state index contributed by atoms with van der Waals surface area (Å²) in [7, 11) is -3.52. The molecule has 1 N–H and O–H groups in total. The summed E-state index contributed by atoms with van der Waals surface area (Å²) in [4.78, 5) is 3.97. The van der Waals surface area contributed by atoms with Gasteiger partial charge in [0.05, 0.1) is 11.8 Å². The van der Waals surface area contributed by atoms with Crippen LogP contribution in [0, 0.1) is 11.6 Å². The summed E-state index contributed by atoms with van der Waals surface area (Å²) in [5, 5.41) is 0. The van der Waals surface area contributed by atoms with E-state index in [-0.39, 0.29) is 11.3 Å². The van der Waals surface area contributed by atoms with Gasteiger partial charge in [-0.3, -0.25) is 4.98 Å². The van der Waals surface area contributed by atoms with E-state index in [0.29, 0.717) is 5.56 Å². The third-order valence-electron chi connectivity index (χ3n) is 3.12. The standard InChI is InChI=1S/C15H16F2N2O2S/c1-15(2,19-22(3,20)21)12-8-9-18-14(13(12)17)10-4-6-11(16)7-5-10/h4-9,19H,1-3H3. The van der Waals surface area contributed by atoms with E-state index in [2.05, 4.69) is 9.71 Å². The second-order valence-corrected chi connectivity index (χ2v) is 7.28. The van der Waals surface area contributed by atoms with Crippen molar-refractivity contribution >= 4 is 10.0 Å². The fourth-order valence-corrected chi connectivity index (χ4v) is 3.29. The Bertz CT molecular complexity index is 788. The minimum atomic E-state index is -3.52. The maximum absolute atomic E-state index is 14.7. The predicted molar refractivity (Wildman–Crippen MR) is 80.6 cm³/mol. The molecule has 0 radical (unpaired) electrons. The Morgan fingerprint density at radius 1 is 1.09 bits per heavy atom. The van der Waals surface area contributed by atoms with E-state index in [1.807, 2.05) is 0 Å². The molecule has 0 saturated heterocycles. The number of halogens is 2. The molecule has 2 aromatic rings. The van der Waals surface area contributed by atoms with Crippen LogP contribution in [0.4, 0.5) is 8.78 Å². The van der Waals surface area contributed by atoms with Crippen LogP contribution in [0.1, 0.15) is 19.4 Å². The van der Waals surface area contributed by atoms with Gasteiger partial charge >= 0.3 is 0 Å². The molecule has 7 heteroatoms. The largest absolute Gasteiger partial charge is 0.253 e. The predicted octanol–water partition coefficient (Wildman–Crippen LogP) is 2.81. The van der Waals surface area contributed by atoms with Crippen LogP contribution < -0.4 is 4.72 Å². The lowest BCUT2D eigenvalue weighted by molar-refractivity contribution is 0.448. The minimum Gasteiger partial charge on any atom is -0.253 e. The number of nitrogens with one attached hydrogen (secondary N) is 1. The van der Waals surface area contributed by atoms with Crippen LogP contribution in [0.5, 0.6) is 0 Å². The van der Waals surface area contributed by atoms with Crippen molar-refractivity contribution in [1.82, 2.24) is 9.71 Å². The van der Waals surface area contributed by atoms with Gasteiger partial charge in [-0.2, -0.15) is 0 Å². The van der Waals surface area contributed by atoms with Crippen LogP contribution in [0.2, 0.25) is 0 Å². The molecule has 0 fully saturated rings. The highest BCUT2D eigenvalue weighted by atomic mass is 32.2. The molecule has 22 heavy (non-hydrogen) atoms. The summed E-state index contributed by atoms with van der Waals surface area (Å²) in [6, 6.07) is 6.68. The van der Waals surface area contributed by atoms with Crippen molar-refractivity contribution in [2.24, 2.45) is 0 Å². The van der Waals surface area contributed by atoms with E-state index in [9.17, 15) is 17.2 Å². The van der Waals surface area contributed by atoms with Crippen molar-refractivity contribution in [2.75, 3.05) is 6.26 Å². The molecule has 4 nitrogen and oxygen atoms in total. The van der Waals surface area contributed by atoms with Crippen molar-refractivity contribution in [3.05, 3.63) is 53.7 Å². The van der Waals surface area contributed by atoms with E-state index in [1.165, 1.54) is 36.5 Å². The summed E-state index contributed by atoms with van der Waals surface area (Å²) in [6.45, 7) is 3.11. The lowest BCUT2D eigenvalue weighted by Gasteiger charge is -2.26. The summed E-state index contributed by atoms with van der Waals surface area (Å²) >= 11 is 0. The Morgan fingerprint density at radius 2 is 1.68 bits per heavy atom. The summed E-state index contributed by atoms with van der Waals surface area (Å²) in [5.41, 5.74) is -0.529. The van der Waals surface area contributed by atoms with Gasteiger partial charge in [0, 0.05) is 17.3 Å². The van der Waals surface area contributed by atoms with E-state index in [0.717, 1.165) is 6.26 Å². The van der Waals surface area contributed by atoms with E-state index in [4.69, 9.17) is 0 Å². The molecular weight excluding hydrogens is 310 g/mol. The van der Waals surface area contributed by atoms with Crippen LogP contribution >= 0.6 is 0 Å². The SMILES string of the molecule is CC(C)(NS(C)(=O)=O)c1ccnc(-c2ccc(F)cc2)c1F. The van der Waals surface area contributed by atoms with Crippen molar-refractivity contribution in [3.63, 3.8) is 0 Å². The highest BCUT2D eigenvalue weighted by Crippen LogP contribution is 2.29. The number of hydrogen-bond acceptors (Lipinski definition) is 3. The number of nitrogens with zero attached hydrogens (tertiary/aromatic N) is 1. The zero-order valence-corrected chi connectivity index (χ0v) is 13.2. The Morgan fingerprint density at radius 3 is 2.23 bits per heavy atom. The summed E-state index contributed by atoms with van der Waals surface area (Å²) in [6.07, 6.45) is 2.40. The zero-order chi connectivity index (χ0) is 16.5. The zero-order valence-electron chi connectivity index (χ0n) is 12.4. The molecule has 0 unspecified atom stereocenters. The van der Waals surface area contributed by atoms with Crippen LogP contribution in [0.15, 0.2) is 36.5 Å².